The Bertz CT molecular complexity index is 1020. The molecule has 3 aromatic carbocycles. The van der Waals surface area contributed by atoms with E-state index in [-0.39, 0.29) is 12.2 Å². The van der Waals surface area contributed by atoms with Gasteiger partial charge < -0.3 is 25.7 Å². The molecule has 0 aliphatic heterocycles. The molecule has 8 heteroatoms. The minimum Gasteiger partial charge on any atom is -0.457 e. The number of aldehydes is 1. The van der Waals surface area contributed by atoms with Crippen molar-refractivity contribution in [3.8, 4) is 11.5 Å². The van der Waals surface area contributed by atoms with E-state index in [0.717, 1.165) is 31.5 Å². The third-order valence-corrected chi connectivity index (χ3v) is 5.20. The minimum absolute atomic E-state index is 0.250. The summed E-state index contributed by atoms with van der Waals surface area (Å²) >= 11 is 0. The number of ether oxygens (including phenoxy) is 2. The zero-order valence-electron chi connectivity index (χ0n) is 25.2. The lowest BCUT2D eigenvalue weighted by atomic mass is 10.1. The second-order valence-electron chi connectivity index (χ2n) is 9.80. The molecule has 0 unspecified atom stereocenters. The number of rotatable bonds is 13. The van der Waals surface area contributed by atoms with Crippen LogP contribution in [0.2, 0.25) is 0 Å². The van der Waals surface area contributed by atoms with E-state index >= 15 is 0 Å². The molecule has 0 saturated heterocycles. The number of nitrogens with zero attached hydrogens (tertiary/aromatic N) is 1. The van der Waals surface area contributed by atoms with E-state index in [0.29, 0.717) is 37.3 Å². The van der Waals surface area contributed by atoms with Crippen LogP contribution >= 0.6 is 0 Å². The van der Waals surface area contributed by atoms with E-state index in [1.165, 1.54) is 30.3 Å². The Hall–Kier alpha value is -3.59. The standard InChI is InChI=1S/C21H19FO2.C10H21NO.CH3NO.CH5N/c22-19-8-12-21(13-9-19)24-20-10-6-17(7-11-20)14-15-23-16-18-4-2-1-3-5-18;1-9(2)7-11(5-6-12)8-10(3)4;2-1-3;1-2/h1-13H,14-16H2;6,9-10H,5,7-8H2,1-4H3;1H,(H2,2,3);2H2,1H3. The first-order valence-electron chi connectivity index (χ1n) is 13.8. The number of hydrogen-bond acceptors (Lipinski definition) is 6. The Balaban J connectivity index is 0.000000795. The summed E-state index contributed by atoms with van der Waals surface area (Å²) in [6, 6.07) is 24.0. The van der Waals surface area contributed by atoms with E-state index in [1.54, 1.807) is 12.1 Å². The van der Waals surface area contributed by atoms with Gasteiger partial charge >= 0.3 is 0 Å². The van der Waals surface area contributed by atoms with Crippen molar-refractivity contribution in [3.63, 3.8) is 0 Å². The molecule has 3 aromatic rings. The van der Waals surface area contributed by atoms with Crippen molar-refractivity contribution < 1.29 is 23.5 Å². The molecule has 1 amide bonds. The summed E-state index contributed by atoms with van der Waals surface area (Å²) in [6.07, 6.45) is 2.09. The number of benzene rings is 3. The average molecular weight is 570 g/mol. The van der Waals surface area contributed by atoms with Gasteiger partial charge in [0.2, 0.25) is 6.41 Å². The zero-order valence-corrected chi connectivity index (χ0v) is 25.2. The smallest absolute Gasteiger partial charge is 0.204 e. The topological polar surface area (TPSA) is 108 Å². The highest BCUT2D eigenvalue weighted by molar-refractivity contribution is 5.51. The molecule has 226 valence electrons. The van der Waals surface area contributed by atoms with Crippen LogP contribution < -0.4 is 16.2 Å². The van der Waals surface area contributed by atoms with Crippen molar-refractivity contribution >= 4 is 12.7 Å². The average Bonchev–Trinajstić information content (AvgIpc) is 2.95. The summed E-state index contributed by atoms with van der Waals surface area (Å²) in [7, 11) is 1.50. The number of amides is 1. The summed E-state index contributed by atoms with van der Waals surface area (Å²) in [6.45, 7) is 12.6. The van der Waals surface area contributed by atoms with Crippen LogP contribution in [0.5, 0.6) is 11.5 Å². The van der Waals surface area contributed by atoms with E-state index in [2.05, 4.69) is 56.2 Å². The van der Waals surface area contributed by atoms with Gasteiger partial charge in [0.1, 0.15) is 23.6 Å². The third kappa shape index (κ3) is 20.0. The fraction of sp³-hybridized carbons (Fsp3) is 0.394. The molecule has 41 heavy (non-hydrogen) atoms. The van der Waals surface area contributed by atoms with Crippen molar-refractivity contribution in [1.29, 1.82) is 0 Å². The molecule has 3 rings (SSSR count). The normalized spacial score (nSPS) is 10.0. The van der Waals surface area contributed by atoms with Gasteiger partial charge in [0, 0.05) is 13.1 Å². The first kappa shape index (κ1) is 37.4. The maximum atomic E-state index is 12.9. The first-order chi connectivity index (χ1) is 19.8. The molecule has 0 aliphatic carbocycles. The van der Waals surface area contributed by atoms with E-state index < -0.39 is 0 Å². The molecule has 0 atom stereocenters. The SMILES string of the molecule is CC(C)CN(CC=O)CC(C)C.CN.Fc1ccc(Oc2ccc(CCOCc3ccccc3)cc2)cc1.NC=O. The van der Waals surface area contributed by atoms with Crippen molar-refractivity contribution in [1.82, 2.24) is 4.90 Å². The molecule has 4 N–H and O–H groups in total. The largest absolute Gasteiger partial charge is 0.457 e. The number of halogens is 1. The predicted molar refractivity (Wildman–Crippen MR) is 165 cm³/mol. The summed E-state index contributed by atoms with van der Waals surface area (Å²) in [4.78, 5) is 21.1. The number of carbonyl (C=O) groups is 2. The maximum absolute atomic E-state index is 12.9. The van der Waals surface area contributed by atoms with Gasteiger partial charge in [-0.3, -0.25) is 9.69 Å². The van der Waals surface area contributed by atoms with Gasteiger partial charge in [-0.2, -0.15) is 0 Å². The van der Waals surface area contributed by atoms with Crippen LogP contribution in [0, 0.1) is 17.7 Å². The van der Waals surface area contributed by atoms with Crippen molar-refractivity contribution in [2.24, 2.45) is 23.3 Å². The monoisotopic (exact) mass is 569 g/mol. The van der Waals surface area contributed by atoms with Gasteiger partial charge in [0.25, 0.3) is 0 Å². The quantitative estimate of drug-likeness (QED) is 0.197. The van der Waals surface area contributed by atoms with Gasteiger partial charge in [-0.15, -0.1) is 0 Å². The molecule has 0 aliphatic rings. The molecular formula is C33H48FN3O4. The Morgan fingerprint density at radius 1 is 0.780 bits per heavy atom. The molecule has 0 bridgehead atoms. The maximum Gasteiger partial charge on any atom is 0.204 e. The second kappa shape index (κ2) is 24.2. The number of nitrogens with two attached hydrogens (primary N) is 2. The van der Waals surface area contributed by atoms with Gasteiger partial charge in [0.15, 0.2) is 0 Å². The van der Waals surface area contributed by atoms with Crippen molar-refractivity contribution in [2.75, 3.05) is 33.3 Å². The molecule has 7 nitrogen and oxygen atoms in total. The lowest BCUT2D eigenvalue weighted by Crippen LogP contribution is -2.32. The zero-order chi connectivity index (χ0) is 30.9. The Morgan fingerprint density at radius 2 is 1.27 bits per heavy atom. The fourth-order valence-electron chi connectivity index (χ4n) is 3.68. The summed E-state index contributed by atoms with van der Waals surface area (Å²) in [5.41, 5.74) is 11.0. The van der Waals surface area contributed by atoms with Crippen molar-refractivity contribution in [3.05, 3.63) is 95.8 Å². The lowest BCUT2D eigenvalue weighted by Gasteiger charge is -2.23. The number of primary amides is 1. The second-order valence-corrected chi connectivity index (χ2v) is 9.80. The highest BCUT2D eigenvalue weighted by Crippen LogP contribution is 2.22. The molecule has 0 spiro atoms. The Kier molecular flexibility index (Phi) is 22.1. The molecule has 0 heterocycles. The van der Waals surface area contributed by atoms with Gasteiger partial charge in [-0.05, 0) is 72.8 Å². The molecule has 0 fully saturated rings. The van der Waals surface area contributed by atoms with Gasteiger partial charge in [-0.1, -0.05) is 70.2 Å². The molecule has 0 aromatic heterocycles. The summed E-state index contributed by atoms with van der Waals surface area (Å²) in [5.74, 6) is 2.37. The van der Waals surface area contributed by atoms with Crippen LogP contribution in [0.15, 0.2) is 78.9 Å². The first-order valence-corrected chi connectivity index (χ1v) is 13.8. The number of carbonyl (C=O) groups excluding carboxylic acids is 2. The van der Waals surface area contributed by atoms with E-state index in [4.69, 9.17) is 14.3 Å². The van der Waals surface area contributed by atoms with Crippen molar-refractivity contribution in [2.45, 2.75) is 40.7 Å². The Morgan fingerprint density at radius 3 is 1.73 bits per heavy atom. The molecule has 0 radical (unpaired) electrons. The highest BCUT2D eigenvalue weighted by Gasteiger charge is 2.08. The van der Waals surface area contributed by atoms with Crippen LogP contribution in [0.3, 0.4) is 0 Å². The summed E-state index contributed by atoms with van der Waals surface area (Å²) < 4.78 is 24.2. The third-order valence-electron chi connectivity index (χ3n) is 5.20. The molecular weight excluding hydrogens is 521 g/mol. The number of hydrogen-bond donors (Lipinski definition) is 2. The van der Waals surface area contributed by atoms with E-state index in [9.17, 15) is 9.18 Å². The van der Waals surface area contributed by atoms with Crippen LogP contribution in [-0.4, -0.2) is 50.9 Å². The van der Waals surface area contributed by atoms with Crippen LogP contribution in [0.4, 0.5) is 4.39 Å². The summed E-state index contributed by atoms with van der Waals surface area (Å²) in [5, 5.41) is 0. The lowest BCUT2D eigenvalue weighted by molar-refractivity contribution is -0.109. The van der Waals surface area contributed by atoms with E-state index in [1.807, 2.05) is 42.5 Å². The predicted octanol–water partition coefficient (Wildman–Crippen LogP) is 5.85. The minimum atomic E-state index is -0.270. The Labute approximate surface area is 245 Å². The fourth-order valence-corrected chi connectivity index (χ4v) is 3.68. The van der Waals surface area contributed by atoms with Crippen LogP contribution in [0.1, 0.15) is 38.8 Å². The van der Waals surface area contributed by atoms with Gasteiger partial charge in [-0.25, -0.2) is 4.39 Å². The van der Waals surface area contributed by atoms with Crippen LogP contribution in [0.25, 0.3) is 0 Å². The highest BCUT2D eigenvalue weighted by atomic mass is 19.1. The van der Waals surface area contributed by atoms with Crippen LogP contribution in [-0.2, 0) is 27.4 Å². The molecule has 0 saturated carbocycles. The van der Waals surface area contributed by atoms with Gasteiger partial charge in [0.05, 0.1) is 19.8 Å².